The van der Waals surface area contributed by atoms with Gasteiger partial charge in [0.15, 0.2) is 11.5 Å². The zero-order valence-electron chi connectivity index (χ0n) is 17.7. The number of nitrogens with zero attached hydrogens (tertiary/aromatic N) is 3. The summed E-state index contributed by atoms with van der Waals surface area (Å²) >= 11 is 0. The molecule has 0 aromatic heterocycles. The van der Waals surface area contributed by atoms with E-state index in [0.717, 1.165) is 44.0 Å². The highest BCUT2D eigenvalue weighted by Crippen LogP contribution is 2.24. The van der Waals surface area contributed by atoms with Crippen LogP contribution in [0.25, 0.3) is 11.1 Å². The van der Waals surface area contributed by atoms with Crippen LogP contribution in [0.3, 0.4) is 0 Å². The fourth-order valence-corrected chi connectivity index (χ4v) is 3.79. The van der Waals surface area contributed by atoms with Crippen molar-refractivity contribution in [3.05, 3.63) is 71.2 Å². The molecule has 5 N–H and O–H groups in total. The number of nitrogens with one attached hydrogen (secondary N) is 1. The highest BCUT2D eigenvalue weighted by Gasteiger charge is 2.29. The Morgan fingerprint density at radius 1 is 1.03 bits per heavy atom. The summed E-state index contributed by atoms with van der Waals surface area (Å²) in [4.78, 5) is 8.27. The van der Waals surface area contributed by atoms with E-state index in [-0.39, 0.29) is 17.4 Å². The number of amidine groups is 2. The summed E-state index contributed by atoms with van der Waals surface area (Å²) in [6.07, 6.45) is 0. The van der Waals surface area contributed by atoms with Gasteiger partial charge in [0, 0.05) is 19.6 Å². The molecule has 8 heteroatoms. The van der Waals surface area contributed by atoms with E-state index in [1.807, 2.05) is 0 Å². The molecule has 2 aromatic rings. The van der Waals surface area contributed by atoms with Gasteiger partial charge >= 0.3 is 0 Å². The number of hydrogen-bond donors (Lipinski definition) is 3. The molecule has 0 spiro atoms. The molecule has 2 aromatic carbocycles. The lowest BCUT2D eigenvalue weighted by Gasteiger charge is -2.26. The van der Waals surface area contributed by atoms with Crippen molar-refractivity contribution in [1.29, 1.82) is 5.41 Å². The molecular weight excluding hydrogens is 392 g/mol. The van der Waals surface area contributed by atoms with Crippen LogP contribution in [0.4, 0.5) is 0 Å². The van der Waals surface area contributed by atoms with Gasteiger partial charge in [-0.25, -0.2) is 0 Å². The minimum Gasteiger partial charge on any atom is -0.468 e. The second-order valence-corrected chi connectivity index (χ2v) is 7.62. The maximum absolute atomic E-state index is 8.28. The van der Waals surface area contributed by atoms with Crippen LogP contribution in [0.15, 0.2) is 65.0 Å². The summed E-state index contributed by atoms with van der Waals surface area (Å²) < 4.78 is 10.7. The monoisotopic (exact) mass is 420 g/mol. The topological polar surface area (TPSA) is 113 Å². The van der Waals surface area contributed by atoms with Gasteiger partial charge in [0.1, 0.15) is 5.82 Å². The van der Waals surface area contributed by atoms with Crippen molar-refractivity contribution >= 4 is 11.9 Å². The number of hydrogen-bond acceptors (Lipinski definition) is 7. The summed E-state index contributed by atoms with van der Waals surface area (Å²) in [5.74, 6) is 0.145. The van der Waals surface area contributed by atoms with Crippen molar-refractivity contribution in [2.45, 2.75) is 13.1 Å². The van der Waals surface area contributed by atoms with E-state index < -0.39 is 0 Å². The highest BCUT2D eigenvalue weighted by atomic mass is 16.5. The van der Waals surface area contributed by atoms with Gasteiger partial charge in [0.2, 0.25) is 0 Å². The Morgan fingerprint density at radius 3 is 2.45 bits per heavy atom. The van der Waals surface area contributed by atoms with E-state index in [2.05, 4.69) is 58.4 Å². The first-order valence-corrected chi connectivity index (χ1v) is 10.3. The smallest absolute Gasteiger partial charge is 0.298 e. The molecule has 4 rings (SSSR count). The zero-order chi connectivity index (χ0) is 21.8. The number of methoxy groups -OCH3 is 1. The standard InChI is InChI=1S/C23H28N6O2/c1-30-23-27-20(21(24)25)22(26)29(23)15-16-5-7-18(8-6-16)19-4-2-3-17(13-19)14-28-9-11-31-12-10-28/h2-8,13,26H,9-12,14-15,24-25H2,1H3. The molecule has 2 heterocycles. The van der Waals surface area contributed by atoms with Crippen molar-refractivity contribution in [3.8, 4) is 11.1 Å². The van der Waals surface area contributed by atoms with Gasteiger partial charge in [-0.1, -0.05) is 42.5 Å². The molecule has 0 amide bonds. The third-order valence-corrected chi connectivity index (χ3v) is 5.45. The van der Waals surface area contributed by atoms with Gasteiger partial charge in [-0.05, 0) is 28.3 Å². The predicted octanol–water partition coefficient (Wildman–Crippen LogP) is 2.07. The van der Waals surface area contributed by atoms with Crippen LogP contribution < -0.4 is 11.5 Å². The maximum Gasteiger partial charge on any atom is 0.298 e. The molecule has 0 saturated carbocycles. The summed E-state index contributed by atoms with van der Waals surface area (Å²) in [5.41, 5.74) is 16.2. The Morgan fingerprint density at radius 2 is 1.77 bits per heavy atom. The maximum atomic E-state index is 8.28. The second kappa shape index (κ2) is 9.20. The molecule has 0 radical (unpaired) electrons. The van der Waals surface area contributed by atoms with Crippen LogP contribution in [0.5, 0.6) is 0 Å². The van der Waals surface area contributed by atoms with Crippen molar-refractivity contribution < 1.29 is 9.47 Å². The van der Waals surface area contributed by atoms with E-state index in [1.54, 1.807) is 4.90 Å². The summed E-state index contributed by atoms with van der Waals surface area (Å²) in [6.45, 7) is 4.94. The number of nitrogens with two attached hydrogens (primary N) is 2. The van der Waals surface area contributed by atoms with Gasteiger partial charge in [-0.3, -0.25) is 15.2 Å². The van der Waals surface area contributed by atoms with E-state index >= 15 is 0 Å². The van der Waals surface area contributed by atoms with Gasteiger partial charge in [0.05, 0.1) is 26.9 Å². The van der Waals surface area contributed by atoms with Crippen LogP contribution in [0.2, 0.25) is 0 Å². The van der Waals surface area contributed by atoms with Gasteiger partial charge in [-0.2, -0.15) is 4.99 Å². The molecule has 31 heavy (non-hydrogen) atoms. The third kappa shape index (κ3) is 4.70. The van der Waals surface area contributed by atoms with Crippen LogP contribution >= 0.6 is 0 Å². The molecule has 2 aliphatic rings. The molecule has 2 aliphatic heterocycles. The average Bonchev–Trinajstić information content (AvgIpc) is 3.11. The predicted molar refractivity (Wildman–Crippen MR) is 121 cm³/mol. The number of ether oxygens (including phenoxy) is 2. The first-order chi connectivity index (χ1) is 15.0. The first kappa shape index (κ1) is 20.9. The number of aliphatic imine (C=N–C) groups is 1. The van der Waals surface area contributed by atoms with Crippen molar-refractivity contribution in [3.63, 3.8) is 0 Å². The summed E-state index contributed by atoms with van der Waals surface area (Å²) in [7, 11) is 1.52. The van der Waals surface area contributed by atoms with E-state index in [9.17, 15) is 0 Å². The Hall–Kier alpha value is -3.36. The van der Waals surface area contributed by atoms with E-state index in [0.29, 0.717) is 12.6 Å². The van der Waals surface area contributed by atoms with Crippen LogP contribution in [0.1, 0.15) is 11.1 Å². The second-order valence-electron chi connectivity index (χ2n) is 7.62. The highest BCUT2D eigenvalue weighted by molar-refractivity contribution is 6.11. The van der Waals surface area contributed by atoms with Crippen LogP contribution in [-0.2, 0) is 22.6 Å². The largest absolute Gasteiger partial charge is 0.468 e. The Kier molecular flexibility index (Phi) is 6.20. The van der Waals surface area contributed by atoms with Gasteiger partial charge in [-0.15, -0.1) is 0 Å². The molecule has 0 aliphatic carbocycles. The Labute approximate surface area is 182 Å². The molecule has 162 valence electrons. The van der Waals surface area contributed by atoms with Crippen molar-refractivity contribution in [2.24, 2.45) is 16.5 Å². The third-order valence-electron chi connectivity index (χ3n) is 5.45. The van der Waals surface area contributed by atoms with Crippen molar-refractivity contribution in [1.82, 2.24) is 9.80 Å². The van der Waals surface area contributed by atoms with Crippen LogP contribution in [-0.4, -0.2) is 55.1 Å². The van der Waals surface area contributed by atoms with E-state index in [1.165, 1.54) is 18.2 Å². The van der Waals surface area contributed by atoms with Crippen LogP contribution in [0, 0.1) is 5.41 Å². The fraction of sp³-hybridized carbons (Fsp3) is 0.304. The lowest BCUT2D eigenvalue weighted by atomic mass is 10.0. The van der Waals surface area contributed by atoms with Gasteiger partial charge in [0.25, 0.3) is 6.02 Å². The quantitative estimate of drug-likeness (QED) is 0.682. The summed E-state index contributed by atoms with van der Waals surface area (Å²) in [5, 5.41) is 8.28. The number of benzene rings is 2. The first-order valence-electron chi connectivity index (χ1n) is 10.3. The number of morpholine rings is 1. The fourth-order valence-electron chi connectivity index (χ4n) is 3.79. The Balaban J connectivity index is 1.46. The molecule has 0 atom stereocenters. The van der Waals surface area contributed by atoms with Crippen molar-refractivity contribution in [2.75, 3.05) is 33.4 Å². The SMILES string of the molecule is COC1=NC(=C(N)N)C(=N)N1Cc1ccc(-c2cccc(CN3CCOCC3)c2)cc1. The summed E-state index contributed by atoms with van der Waals surface area (Å²) in [6, 6.07) is 17.3. The minimum absolute atomic E-state index is 0.00867. The van der Waals surface area contributed by atoms with E-state index in [4.69, 9.17) is 26.4 Å². The minimum atomic E-state index is 0.00867. The lowest BCUT2D eigenvalue weighted by Crippen LogP contribution is -2.35. The molecule has 8 nitrogen and oxygen atoms in total. The number of rotatable bonds is 5. The lowest BCUT2D eigenvalue weighted by molar-refractivity contribution is 0.0342. The zero-order valence-corrected chi connectivity index (χ0v) is 17.7. The molecule has 1 saturated heterocycles. The molecule has 0 unspecified atom stereocenters. The molecule has 0 bridgehead atoms. The van der Waals surface area contributed by atoms with Gasteiger partial charge < -0.3 is 20.9 Å². The molecule has 1 fully saturated rings. The normalized spacial score (nSPS) is 17.1. The average molecular weight is 421 g/mol. The molecular formula is C23H28N6O2. The Bertz CT molecular complexity index is 1000.